The molecule has 3 aliphatic heterocycles. The number of nitrogens with zero attached hydrogens (tertiary/aromatic N) is 1. The summed E-state index contributed by atoms with van der Waals surface area (Å²) in [6.45, 7) is 5.69. The number of hydrogen-bond donors (Lipinski definition) is 4. The largest absolute Gasteiger partial charge is 0.623 e. The van der Waals surface area contributed by atoms with Gasteiger partial charge in [0.15, 0.2) is 6.21 Å². The van der Waals surface area contributed by atoms with Gasteiger partial charge in [-0.2, -0.15) is 16.5 Å². The van der Waals surface area contributed by atoms with Gasteiger partial charge in [-0.15, -0.1) is 0 Å². The van der Waals surface area contributed by atoms with Crippen molar-refractivity contribution in [3.05, 3.63) is 5.21 Å². The van der Waals surface area contributed by atoms with Gasteiger partial charge in [0.1, 0.15) is 6.61 Å². The first-order valence-corrected chi connectivity index (χ1v) is 16.3. The van der Waals surface area contributed by atoms with Crippen molar-refractivity contribution in [3.8, 4) is 0 Å². The summed E-state index contributed by atoms with van der Waals surface area (Å²) in [4.78, 5) is 35.7. The molecule has 13 nitrogen and oxygen atoms in total. The van der Waals surface area contributed by atoms with Crippen LogP contribution in [0.5, 0.6) is 0 Å². The van der Waals surface area contributed by atoms with E-state index in [0.717, 1.165) is 25.0 Å². The SMILES string of the molecule is CCOP(=O)(OCC)[C@@]1(C)[C@@H](COC(=O)NCCCNC(=O)CCCC[C@@H]2SC[C@@H]3NC(=O)N[C@@H]32)CC=[N+]1[O-]. The highest BCUT2D eigenvalue weighted by molar-refractivity contribution is 8.00. The number of amides is 4. The van der Waals surface area contributed by atoms with Crippen LogP contribution in [-0.2, 0) is 23.1 Å². The van der Waals surface area contributed by atoms with Crippen molar-refractivity contribution >= 4 is 43.6 Å². The number of thioether (sulfide) groups is 1. The quantitative estimate of drug-likeness (QED) is 0.0692. The minimum atomic E-state index is -3.80. The van der Waals surface area contributed by atoms with Crippen LogP contribution in [0.3, 0.4) is 0 Å². The maximum atomic E-state index is 13.4. The molecule has 222 valence electrons. The summed E-state index contributed by atoms with van der Waals surface area (Å²) in [5.74, 6) is 0.334. The molecule has 3 heterocycles. The van der Waals surface area contributed by atoms with Gasteiger partial charge in [0.05, 0.1) is 31.2 Å². The molecule has 0 aromatic heterocycles. The number of alkyl carbamates (subject to hydrolysis) is 1. The van der Waals surface area contributed by atoms with Crippen LogP contribution in [0.1, 0.15) is 59.3 Å². The average Bonchev–Trinajstić information content (AvgIpc) is 3.54. The molecule has 0 aromatic rings. The van der Waals surface area contributed by atoms with E-state index in [9.17, 15) is 24.2 Å². The van der Waals surface area contributed by atoms with Crippen LogP contribution in [0, 0.1) is 11.1 Å². The lowest BCUT2D eigenvalue weighted by Crippen LogP contribution is -2.43. The van der Waals surface area contributed by atoms with Crippen molar-refractivity contribution < 1.29 is 37.5 Å². The third kappa shape index (κ3) is 7.80. The predicted octanol–water partition coefficient (Wildman–Crippen LogP) is 2.53. The van der Waals surface area contributed by atoms with E-state index >= 15 is 0 Å². The van der Waals surface area contributed by atoms with Crippen LogP contribution in [0.15, 0.2) is 0 Å². The number of unbranched alkanes of at least 4 members (excludes halogenated alkanes) is 1. The molecule has 0 unspecified atom stereocenters. The second kappa shape index (κ2) is 14.6. The summed E-state index contributed by atoms with van der Waals surface area (Å²) in [6, 6.07) is 0.311. The molecule has 0 spiro atoms. The maximum absolute atomic E-state index is 13.4. The molecule has 0 bridgehead atoms. The average molecular weight is 592 g/mol. The summed E-state index contributed by atoms with van der Waals surface area (Å²) < 4.78 is 30.1. The summed E-state index contributed by atoms with van der Waals surface area (Å²) in [7, 11) is -3.80. The lowest BCUT2D eigenvalue weighted by atomic mass is 10.0. The van der Waals surface area contributed by atoms with Crippen molar-refractivity contribution in [1.82, 2.24) is 21.3 Å². The van der Waals surface area contributed by atoms with E-state index in [2.05, 4.69) is 21.3 Å². The molecule has 0 aliphatic carbocycles. The maximum Gasteiger partial charge on any atom is 0.407 e. The number of carbonyl (C=O) groups excluding carboxylic acids is 3. The number of nitrogens with one attached hydrogen (secondary N) is 4. The molecular weight excluding hydrogens is 549 g/mol. The predicted molar refractivity (Wildman–Crippen MR) is 148 cm³/mol. The van der Waals surface area contributed by atoms with Crippen LogP contribution in [0.25, 0.3) is 0 Å². The van der Waals surface area contributed by atoms with Crippen LogP contribution in [0.4, 0.5) is 9.59 Å². The van der Waals surface area contributed by atoms with Crippen molar-refractivity contribution in [2.75, 3.05) is 38.7 Å². The molecular formula is C24H42N5O8PS. The third-order valence-corrected chi connectivity index (χ3v) is 11.7. The second-order valence-corrected chi connectivity index (χ2v) is 13.7. The molecule has 0 saturated carbocycles. The van der Waals surface area contributed by atoms with Crippen LogP contribution in [0.2, 0.25) is 0 Å². The Morgan fingerprint density at radius 3 is 2.62 bits per heavy atom. The number of urea groups is 1. The Morgan fingerprint density at radius 1 is 1.18 bits per heavy atom. The molecule has 0 aromatic carbocycles. The fraction of sp³-hybridized carbons (Fsp3) is 0.833. The molecule has 3 rings (SSSR count). The molecule has 4 amide bonds. The summed E-state index contributed by atoms with van der Waals surface area (Å²) in [5.41, 5.74) is 0. The second-order valence-electron chi connectivity index (χ2n) is 9.96. The summed E-state index contributed by atoms with van der Waals surface area (Å²) in [5, 5.41) is 22.9. The van der Waals surface area contributed by atoms with E-state index in [1.165, 1.54) is 13.1 Å². The van der Waals surface area contributed by atoms with Gasteiger partial charge in [0.25, 0.3) is 5.28 Å². The molecule has 5 atom stereocenters. The number of hydroxylamine groups is 1. The molecule has 4 N–H and O–H groups in total. The van der Waals surface area contributed by atoms with E-state index < -0.39 is 24.9 Å². The molecule has 0 radical (unpaired) electrons. The number of fused-ring (bicyclic) bond motifs is 1. The Balaban J connectivity index is 1.26. The van der Waals surface area contributed by atoms with Crippen LogP contribution < -0.4 is 21.3 Å². The van der Waals surface area contributed by atoms with E-state index in [1.54, 1.807) is 13.8 Å². The zero-order valence-electron chi connectivity index (χ0n) is 22.9. The molecule has 15 heteroatoms. The van der Waals surface area contributed by atoms with Crippen molar-refractivity contribution in [3.63, 3.8) is 0 Å². The highest BCUT2D eigenvalue weighted by atomic mass is 32.2. The van der Waals surface area contributed by atoms with Gasteiger partial charge >= 0.3 is 19.7 Å². The highest BCUT2D eigenvalue weighted by Gasteiger charge is 2.63. The Kier molecular flexibility index (Phi) is 11.8. The van der Waals surface area contributed by atoms with Crippen molar-refractivity contribution in [1.29, 1.82) is 0 Å². The van der Waals surface area contributed by atoms with E-state index in [0.29, 0.717) is 35.9 Å². The Bertz CT molecular complexity index is 945. The summed E-state index contributed by atoms with van der Waals surface area (Å²) in [6.07, 6.45) is 4.62. The van der Waals surface area contributed by atoms with Crippen LogP contribution in [-0.4, -0.2) is 90.3 Å². The number of ether oxygens (including phenoxy) is 1. The van der Waals surface area contributed by atoms with Gasteiger partial charge in [-0.25, -0.2) is 9.59 Å². The standard InChI is InChI=1S/C24H42N5O8PS/c1-4-36-38(34,37-5-2)24(3)17(11-14-29(24)33)15-35-23(32)26-13-8-12-25-20(30)10-7-6-9-19-21-18(16-39-19)27-22(31)28-21/h14,17-19,21H,4-13,15-16H2,1-3H3,(H,25,30)(H,26,32)(H2,27,28,31)/t17-,18+,19+,21+,24+/m1/s1. The Morgan fingerprint density at radius 2 is 1.90 bits per heavy atom. The van der Waals surface area contributed by atoms with Gasteiger partial charge in [0, 0.05) is 43.9 Å². The zero-order chi connectivity index (χ0) is 28.5. The lowest BCUT2D eigenvalue weighted by Gasteiger charge is -2.34. The van der Waals surface area contributed by atoms with Gasteiger partial charge in [0.2, 0.25) is 5.91 Å². The van der Waals surface area contributed by atoms with Gasteiger partial charge in [-0.1, -0.05) is 6.42 Å². The molecule has 2 saturated heterocycles. The Labute approximate surface area is 234 Å². The molecule has 2 fully saturated rings. The Hall–Kier alpha value is -2.02. The molecule has 3 aliphatic rings. The lowest BCUT2D eigenvalue weighted by molar-refractivity contribution is -0.515. The first-order valence-electron chi connectivity index (χ1n) is 13.7. The first kappa shape index (κ1) is 31.5. The first-order chi connectivity index (χ1) is 18.6. The van der Waals surface area contributed by atoms with E-state index in [-0.39, 0.29) is 50.3 Å². The van der Waals surface area contributed by atoms with Crippen molar-refractivity contribution in [2.24, 2.45) is 5.92 Å². The number of hydrogen-bond acceptors (Lipinski definition) is 9. The highest BCUT2D eigenvalue weighted by Crippen LogP contribution is 2.64. The van der Waals surface area contributed by atoms with Crippen molar-refractivity contribution in [2.45, 2.75) is 81.9 Å². The topological polar surface area (TPSA) is 170 Å². The fourth-order valence-corrected chi connectivity index (χ4v) is 8.89. The monoisotopic (exact) mass is 591 g/mol. The minimum Gasteiger partial charge on any atom is -0.623 e. The normalized spacial score (nSPS) is 27.9. The van der Waals surface area contributed by atoms with Gasteiger partial charge in [-0.05, 0) is 33.1 Å². The molecule has 39 heavy (non-hydrogen) atoms. The summed E-state index contributed by atoms with van der Waals surface area (Å²) >= 11 is 1.87. The van der Waals surface area contributed by atoms with Crippen LogP contribution >= 0.6 is 19.4 Å². The van der Waals surface area contributed by atoms with E-state index in [1.807, 2.05) is 11.8 Å². The van der Waals surface area contributed by atoms with Gasteiger partial charge < -0.3 is 40.3 Å². The smallest absolute Gasteiger partial charge is 0.407 e. The number of carbonyl (C=O) groups is 3. The van der Waals surface area contributed by atoms with E-state index in [4.69, 9.17) is 13.8 Å². The zero-order valence-corrected chi connectivity index (χ0v) is 24.7. The fourth-order valence-electron chi connectivity index (χ4n) is 5.12. The van der Waals surface area contributed by atoms with Gasteiger partial charge in [-0.3, -0.25) is 9.36 Å². The minimum absolute atomic E-state index is 0.0303. The number of rotatable bonds is 16. The third-order valence-electron chi connectivity index (χ3n) is 7.37.